The highest BCUT2D eigenvalue weighted by atomic mass is 127. The Morgan fingerprint density at radius 2 is 2.29 bits per heavy atom. The van der Waals surface area contributed by atoms with E-state index in [1.807, 2.05) is 11.8 Å². The van der Waals surface area contributed by atoms with Gasteiger partial charge in [-0.3, -0.25) is 0 Å². The van der Waals surface area contributed by atoms with Crippen LogP contribution < -0.4 is 0 Å². The maximum atomic E-state index is 2.43. The molecule has 0 aromatic heterocycles. The van der Waals surface area contributed by atoms with Crippen molar-refractivity contribution in [3.05, 3.63) is 0 Å². The molecule has 7 heavy (non-hydrogen) atoms. The summed E-state index contributed by atoms with van der Waals surface area (Å²) in [5, 5.41) is 0. The molecule has 0 saturated heterocycles. The van der Waals surface area contributed by atoms with Crippen molar-refractivity contribution in [2.45, 2.75) is 23.5 Å². The van der Waals surface area contributed by atoms with Crippen LogP contribution in [0.2, 0.25) is 0 Å². The fraction of sp³-hybridized carbons (Fsp3) is 1.00. The molecule has 0 fully saturated rings. The molecule has 1 atom stereocenters. The van der Waals surface area contributed by atoms with Crippen LogP contribution in [0.15, 0.2) is 0 Å². The van der Waals surface area contributed by atoms with Gasteiger partial charge in [0.15, 0.2) is 0 Å². The number of hydrogen-bond donors (Lipinski definition) is 0. The molecule has 0 aromatic carbocycles. The molecule has 0 nitrogen and oxygen atoms in total. The minimum absolute atomic E-state index is 0.789. The first kappa shape index (κ1) is 8.08. The highest BCUT2D eigenvalue weighted by Crippen LogP contribution is 2.16. The van der Waals surface area contributed by atoms with Gasteiger partial charge >= 0.3 is 0 Å². The lowest BCUT2D eigenvalue weighted by molar-refractivity contribution is 1.10. The molecule has 44 valence electrons. The van der Waals surface area contributed by atoms with Gasteiger partial charge in [-0.1, -0.05) is 29.5 Å². The van der Waals surface area contributed by atoms with Crippen LogP contribution in [0.1, 0.15) is 20.3 Å². The van der Waals surface area contributed by atoms with Crippen molar-refractivity contribution in [2.75, 3.05) is 5.75 Å². The van der Waals surface area contributed by atoms with Crippen molar-refractivity contribution in [1.82, 2.24) is 0 Å². The predicted molar refractivity (Wildman–Crippen MR) is 46.2 cm³/mol. The first-order valence-corrected chi connectivity index (χ1v) is 4.82. The van der Waals surface area contributed by atoms with Crippen molar-refractivity contribution in [3.63, 3.8) is 0 Å². The average molecular weight is 230 g/mol. The Morgan fingerprint density at radius 1 is 1.71 bits per heavy atom. The average Bonchev–Trinajstić information content (AvgIpc) is 1.61. The maximum Gasteiger partial charge on any atom is 0.0536 e. The third kappa shape index (κ3) is 7.08. The second kappa shape index (κ2) is 5.22. The summed E-state index contributed by atoms with van der Waals surface area (Å²) in [5.74, 6) is 1.31. The Hall–Kier alpha value is 1.08. The topological polar surface area (TPSA) is 0 Å². The first-order chi connectivity index (χ1) is 3.27. The smallest absolute Gasteiger partial charge is 0.0536 e. The fourth-order valence-electron chi connectivity index (χ4n) is 0.280. The minimum atomic E-state index is 0.789. The van der Waals surface area contributed by atoms with Gasteiger partial charge in [0.05, 0.1) is 3.26 Å². The zero-order chi connectivity index (χ0) is 5.70. The van der Waals surface area contributed by atoms with Gasteiger partial charge in [-0.25, -0.2) is 0 Å². The van der Waals surface area contributed by atoms with E-state index < -0.39 is 0 Å². The summed E-state index contributed by atoms with van der Waals surface area (Å²) in [6.45, 7) is 4.44. The quantitative estimate of drug-likeness (QED) is 0.530. The molecule has 0 radical (unpaired) electrons. The van der Waals surface area contributed by atoms with Gasteiger partial charge in [0.1, 0.15) is 0 Å². The summed E-state index contributed by atoms with van der Waals surface area (Å²) in [6.07, 6.45) is 1.30. The van der Waals surface area contributed by atoms with Crippen molar-refractivity contribution >= 4 is 34.4 Å². The van der Waals surface area contributed by atoms with Crippen LogP contribution in [-0.2, 0) is 0 Å². The van der Waals surface area contributed by atoms with Gasteiger partial charge in [-0.05, 0) is 19.1 Å². The largest absolute Gasteiger partial charge is 0.148 e. The Balaban J connectivity index is 2.68. The number of thioether (sulfide) groups is 1. The Bertz CT molecular complexity index is 37.1. The normalized spacial score (nSPS) is 14.1. The second-order valence-corrected chi connectivity index (χ2v) is 5.58. The van der Waals surface area contributed by atoms with Crippen LogP contribution in [0, 0.1) is 0 Å². The highest BCUT2D eigenvalue weighted by Gasteiger charge is 1.90. The van der Waals surface area contributed by atoms with Gasteiger partial charge in [0.25, 0.3) is 0 Å². The lowest BCUT2D eigenvalue weighted by Crippen LogP contribution is -1.81. The molecule has 0 aliphatic heterocycles. The van der Waals surface area contributed by atoms with Gasteiger partial charge in [0, 0.05) is 0 Å². The number of rotatable bonds is 3. The van der Waals surface area contributed by atoms with E-state index in [1.165, 1.54) is 12.2 Å². The second-order valence-electron chi connectivity index (χ2n) is 1.41. The molecule has 1 unspecified atom stereocenters. The zero-order valence-corrected chi connectivity index (χ0v) is 7.75. The fourth-order valence-corrected chi connectivity index (χ4v) is 1.60. The summed E-state index contributed by atoms with van der Waals surface area (Å²) >= 11 is 4.45. The van der Waals surface area contributed by atoms with E-state index in [2.05, 4.69) is 36.4 Å². The molecule has 0 amide bonds. The summed E-state index contributed by atoms with van der Waals surface area (Å²) in [6, 6.07) is 0. The van der Waals surface area contributed by atoms with Crippen LogP contribution in [-0.4, -0.2) is 9.01 Å². The van der Waals surface area contributed by atoms with E-state index in [9.17, 15) is 0 Å². The molecule has 0 saturated carbocycles. The maximum absolute atomic E-state index is 2.43. The van der Waals surface area contributed by atoms with E-state index in [1.54, 1.807) is 0 Å². The van der Waals surface area contributed by atoms with Gasteiger partial charge in [0.2, 0.25) is 0 Å². The van der Waals surface area contributed by atoms with Crippen molar-refractivity contribution in [1.29, 1.82) is 0 Å². The van der Waals surface area contributed by atoms with E-state index in [0.29, 0.717) is 0 Å². The summed E-state index contributed by atoms with van der Waals surface area (Å²) in [5.41, 5.74) is 0. The zero-order valence-electron chi connectivity index (χ0n) is 4.78. The molecule has 0 aliphatic carbocycles. The molecule has 0 aliphatic rings. The number of halogens is 1. The van der Waals surface area contributed by atoms with Crippen molar-refractivity contribution in [3.8, 4) is 0 Å². The van der Waals surface area contributed by atoms with Gasteiger partial charge in [-0.15, -0.1) is 11.8 Å². The highest BCUT2D eigenvalue weighted by molar-refractivity contribution is 14.1. The van der Waals surface area contributed by atoms with E-state index >= 15 is 0 Å². The number of hydrogen-bond acceptors (Lipinski definition) is 1. The van der Waals surface area contributed by atoms with E-state index in [4.69, 9.17) is 0 Å². The van der Waals surface area contributed by atoms with Crippen molar-refractivity contribution in [2.24, 2.45) is 0 Å². The Kier molecular flexibility index (Phi) is 6.03. The first-order valence-electron chi connectivity index (χ1n) is 2.53. The van der Waals surface area contributed by atoms with Gasteiger partial charge in [-0.2, -0.15) is 0 Å². The SMILES string of the molecule is CCCSC(C)I. The molecular formula is C5H11IS. The van der Waals surface area contributed by atoms with Crippen LogP contribution in [0.5, 0.6) is 0 Å². The summed E-state index contributed by atoms with van der Waals surface area (Å²) in [4.78, 5) is 0. The summed E-state index contributed by atoms with van der Waals surface area (Å²) in [7, 11) is 0. The van der Waals surface area contributed by atoms with Gasteiger partial charge < -0.3 is 0 Å². The van der Waals surface area contributed by atoms with Crippen LogP contribution in [0.3, 0.4) is 0 Å². The van der Waals surface area contributed by atoms with E-state index in [-0.39, 0.29) is 0 Å². The monoisotopic (exact) mass is 230 g/mol. The Labute approximate surface area is 63.6 Å². The molecule has 0 N–H and O–H groups in total. The number of alkyl halides is 1. The van der Waals surface area contributed by atoms with Crippen LogP contribution in [0.25, 0.3) is 0 Å². The van der Waals surface area contributed by atoms with Crippen molar-refractivity contribution < 1.29 is 0 Å². The molecule has 0 bridgehead atoms. The van der Waals surface area contributed by atoms with Crippen LogP contribution >= 0.6 is 34.4 Å². The third-order valence-corrected chi connectivity index (χ3v) is 2.73. The lowest BCUT2D eigenvalue weighted by atomic mass is 10.6. The lowest BCUT2D eigenvalue weighted by Gasteiger charge is -1.97. The summed E-state index contributed by atoms with van der Waals surface area (Å²) < 4.78 is 0.789. The molecule has 0 heterocycles. The minimum Gasteiger partial charge on any atom is -0.148 e. The van der Waals surface area contributed by atoms with Crippen LogP contribution in [0.4, 0.5) is 0 Å². The molecule has 0 spiro atoms. The molecule has 2 heteroatoms. The third-order valence-electron chi connectivity index (χ3n) is 0.552. The Morgan fingerprint density at radius 3 is 2.43 bits per heavy atom. The predicted octanol–water partition coefficient (Wildman–Crippen LogP) is 2.91. The molecule has 0 rings (SSSR count). The standard InChI is InChI=1S/C5H11IS/c1-3-4-7-5(2)6/h5H,3-4H2,1-2H3. The molecular weight excluding hydrogens is 219 g/mol. The molecule has 0 aromatic rings. The van der Waals surface area contributed by atoms with E-state index in [0.717, 1.165) is 3.26 Å².